The quantitative estimate of drug-likeness (QED) is 0.818. The van der Waals surface area contributed by atoms with Crippen LogP contribution in [-0.2, 0) is 14.3 Å². The number of amides is 2. The zero-order chi connectivity index (χ0) is 17.6. The topological polar surface area (TPSA) is 53.1 Å². The Morgan fingerprint density at radius 1 is 1.04 bits per heavy atom. The van der Waals surface area contributed by atoms with E-state index in [-0.39, 0.29) is 11.8 Å². The summed E-state index contributed by atoms with van der Waals surface area (Å²) in [6, 6.07) is 8.10. The highest BCUT2D eigenvalue weighted by Crippen LogP contribution is 2.24. The Bertz CT molecular complexity index is 590. The number of anilines is 2. The predicted molar refractivity (Wildman–Crippen MR) is 97.9 cm³/mol. The Morgan fingerprint density at radius 3 is 2.28 bits per heavy atom. The van der Waals surface area contributed by atoms with E-state index < -0.39 is 0 Å². The Kier molecular flexibility index (Phi) is 5.91. The van der Waals surface area contributed by atoms with Crippen molar-refractivity contribution >= 4 is 23.2 Å². The molecular weight excluding hydrogens is 318 g/mol. The van der Waals surface area contributed by atoms with Crippen LogP contribution in [0.5, 0.6) is 0 Å². The van der Waals surface area contributed by atoms with Crippen LogP contribution in [0.1, 0.15) is 26.2 Å². The first-order chi connectivity index (χ1) is 12.1. The molecule has 0 unspecified atom stereocenters. The fourth-order valence-corrected chi connectivity index (χ4v) is 3.47. The number of hydrogen-bond acceptors (Lipinski definition) is 4. The molecule has 3 rings (SSSR count). The standard InChI is InChI=1S/C19H27N3O3/c1-16(23)22(11-8-19(24)21-12-14-25-15-13-21)18-6-4-17(5-7-18)20-9-2-3-10-20/h4-7H,2-3,8-15H2,1H3. The highest BCUT2D eigenvalue weighted by Gasteiger charge is 2.20. The van der Waals surface area contributed by atoms with Gasteiger partial charge in [0.15, 0.2) is 0 Å². The summed E-state index contributed by atoms with van der Waals surface area (Å²) in [5.74, 6) is 0.0481. The van der Waals surface area contributed by atoms with Gasteiger partial charge in [0.2, 0.25) is 11.8 Å². The molecule has 25 heavy (non-hydrogen) atoms. The second kappa shape index (κ2) is 8.34. The second-order valence-corrected chi connectivity index (χ2v) is 6.62. The summed E-state index contributed by atoms with van der Waals surface area (Å²) in [5.41, 5.74) is 2.05. The molecule has 6 nitrogen and oxygen atoms in total. The highest BCUT2D eigenvalue weighted by molar-refractivity contribution is 5.92. The van der Waals surface area contributed by atoms with Gasteiger partial charge in [0.05, 0.1) is 13.2 Å². The van der Waals surface area contributed by atoms with Crippen molar-refractivity contribution in [3.63, 3.8) is 0 Å². The van der Waals surface area contributed by atoms with Crippen LogP contribution in [0.4, 0.5) is 11.4 Å². The second-order valence-electron chi connectivity index (χ2n) is 6.62. The molecule has 0 aliphatic carbocycles. The average Bonchev–Trinajstić information content (AvgIpc) is 3.17. The van der Waals surface area contributed by atoms with Crippen molar-refractivity contribution in [1.29, 1.82) is 0 Å². The lowest BCUT2D eigenvalue weighted by molar-refractivity contribution is -0.135. The van der Waals surface area contributed by atoms with E-state index in [1.54, 1.807) is 11.8 Å². The van der Waals surface area contributed by atoms with Crippen molar-refractivity contribution in [3.05, 3.63) is 24.3 Å². The van der Waals surface area contributed by atoms with Gasteiger partial charge < -0.3 is 19.4 Å². The van der Waals surface area contributed by atoms with E-state index in [0.717, 1.165) is 18.8 Å². The first-order valence-corrected chi connectivity index (χ1v) is 9.14. The van der Waals surface area contributed by atoms with Gasteiger partial charge in [-0.3, -0.25) is 9.59 Å². The fraction of sp³-hybridized carbons (Fsp3) is 0.579. The Labute approximate surface area is 149 Å². The minimum Gasteiger partial charge on any atom is -0.378 e. The summed E-state index contributed by atoms with van der Waals surface area (Å²) in [5, 5.41) is 0. The molecule has 2 aliphatic rings. The van der Waals surface area contributed by atoms with Crippen LogP contribution >= 0.6 is 0 Å². The molecule has 0 aromatic heterocycles. The van der Waals surface area contributed by atoms with Gasteiger partial charge in [-0.1, -0.05) is 0 Å². The minimum absolute atomic E-state index is 0.0382. The molecule has 136 valence electrons. The van der Waals surface area contributed by atoms with Crippen LogP contribution < -0.4 is 9.80 Å². The number of carbonyl (C=O) groups is 2. The lowest BCUT2D eigenvalue weighted by Gasteiger charge is -2.28. The third kappa shape index (κ3) is 4.51. The van der Waals surface area contributed by atoms with E-state index in [0.29, 0.717) is 39.3 Å². The van der Waals surface area contributed by atoms with Gasteiger partial charge in [0.25, 0.3) is 0 Å². The maximum atomic E-state index is 12.3. The van der Waals surface area contributed by atoms with Crippen molar-refractivity contribution in [2.45, 2.75) is 26.2 Å². The van der Waals surface area contributed by atoms with Crippen LogP contribution in [0.3, 0.4) is 0 Å². The Morgan fingerprint density at radius 2 is 1.68 bits per heavy atom. The largest absolute Gasteiger partial charge is 0.378 e. The number of hydrogen-bond donors (Lipinski definition) is 0. The maximum Gasteiger partial charge on any atom is 0.224 e. The van der Waals surface area contributed by atoms with E-state index in [4.69, 9.17) is 4.74 Å². The molecule has 0 atom stereocenters. The molecular formula is C19H27N3O3. The zero-order valence-electron chi connectivity index (χ0n) is 14.9. The van der Waals surface area contributed by atoms with Crippen molar-refractivity contribution < 1.29 is 14.3 Å². The number of benzene rings is 1. The molecule has 2 saturated heterocycles. The van der Waals surface area contributed by atoms with Crippen LogP contribution in [0.15, 0.2) is 24.3 Å². The SMILES string of the molecule is CC(=O)N(CCC(=O)N1CCOCC1)c1ccc(N2CCCC2)cc1. The molecule has 2 heterocycles. The summed E-state index contributed by atoms with van der Waals surface area (Å²) in [4.78, 5) is 30.2. The molecule has 0 spiro atoms. The number of nitrogens with zero attached hydrogens (tertiary/aromatic N) is 3. The number of morpholine rings is 1. The first-order valence-electron chi connectivity index (χ1n) is 9.14. The van der Waals surface area contributed by atoms with Crippen molar-refractivity contribution in [3.8, 4) is 0 Å². The molecule has 0 N–H and O–H groups in total. The van der Waals surface area contributed by atoms with Crippen LogP contribution in [0, 0.1) is 0 Å². The summed E-state index contributed by atoms with van der Waals surface area (Å²) < 4.78 is 5.27. The third-order valence-corrected chi connectivity index (χ3v) is 4.93. The minimum atomic E-state index is -0.0382. The molecule has 2 amide bonds. The summed E-state index contributed by atoms with van der Waals surface area (Å²) in [6.07, 6.45) is 2.82. The normalized spacial score (nSPS) is 17.6. The van der Waals surface area contributed by atoms with Gasteiger partial charge in [0.1, 0.15) is 0 Å². The maximum absolute atomic E-state index is 12.3. The van der Waals surface area contributed by atoms with Gasteiger partial charge in [-0.15, -0.1) is 0 Å². The lowest BCUT2D eigenvalue weighted by Crippen LogP contribution is -2.42. The highest BCUT2D eigenvalue weighted by atomic mass is 16.5. The smallest absolute Gasteiger partial charge is 0.224 e. The van der Waals surface area contributed by atoms with E-state index in [9.17, 15) is 9.59 Å². The molecule has 1 aromatic rings. The molecule has 0 bridgehead atoms. The van der Waals surface area contributed by atoms with E-state index in [1.807, 2.05) is 17.0 Å². The lowest BCUT2D eigenvalue weighted by atomic mass is 10.2. The number of rotatable bonds is 5. The molecule has 0 radical (unpaired) electrons. The summed E-state index contributed by atoms with van der Waals surface area (Å²) in [7, 11) is 0. The van der Waals surface area contributed by atoms with Crippen LogP contribution in [0.2, 0.25) is 0 Å². The van der Waals surface area contributed by atoms with Crippen molar-refractivity contribution in [2.75, 3.05) is 55.7 Å². The molecule has 2 fully saturated rings. The van der Waals surface area contributed by atoms with E-state index >= 15 is 0 Å². The van der Waals surface area contributed by atoms with Crippen molar-refractivity contribution in [2.24, 2.45) is 0 Å². The Hall–Kier alpha value is -2.08. The predicted octanol–water partition coefficient (Wildman–Crippen LogP) is 1.89. The monoisotopic (exact) mass is 345 g/mol. The van der Waals surface area contributed by atoms with E-state index in [1.165, 1.54) is 18.5 Å². The average molecular weight is 345 g/mol. The van der Waals surface area contributed by atoms with Gasteiger partial charge in [0, 0.05) is 57.4 Å². The van der Waals surface area contributed by atoms with Crippen LogP contribution in [0.25, 0.3) is 0 Å². The number of carbonyl (C=O) groups excluding carboxylic acids is 2. The zero-order valence-corrected chi connectivity index (χ0v) is 14.9. The Balaban J connectivity index is 1.60. The van der Waals surface area contributed by atoms with Gasteiger partial charge in [-0.25, -0.2) is 0 Å². The van der Waals surface area contributed by atoms with Gasteiger partial charge in [-0.2, -0.15) is 0 Å². The van der Waals surface area contributed by atoms with E-state index in [2.05, 4.69) is 17.0 Å². The molecule has 6 heteroatoms. The summed E-state index contributed by atoms with van der Waals surface area (Å²) >= 11 is 0. The van der Waals surface area contributed by atoms with Crippen molar-refractivity contribution in [1.82, 2.24) is 4.90 Å². The van der Waals surface area contributed by atoms with Gasteiger partial charge >= 0.3 is 0 Å². The fourth-order valence-electron chi connectivity index (χ4n) is 3.47. The van der Waals surface area contributed by atoms with Crippen LogP contribution in [-0.4, -0.2) is 62.7 Å². The first kappa shape index (κ1) is 17.7. The third-order valence-electron chi connectivity index (χ3n) is 4.93. The molecule has 1 aromatic carbocycles. The molecule has 2 aliphatic heterocycles. The molecule has 0 saturated carbocycles. The van der Waals surface area contributed by atoms with Gasteiger partial charge in [-0.05, 0) is 37.1 Å². The summed E-state index contributed by atoms with van der Waals surface area (Å²) in [6.45, 7) is 6.64. The number of ether oxygens (including phenoxy) is 1.